The smallest absolute Gasteiger partial charge is 0.229 e. The van der Waals surface area contributed by atoms with Crippen LogP contribution in [0.1, 0.15) is 6.92 Å². The summed E-state index contributed by atoms with van der Waals surface area (Å²) >= 11 is 3.91. The molecule has 138 valence electrons. The first-order chi connectivity index (χ1) is 14.3. The largest absolute Gasteiger partial charge is 0.354 e. The summed E-state index contributed by atoms with van der Waals surface area (Å²) in [6.07, 6.45) is 0. The fourth-order valence-corrected chi connectivity index (χ4v) is 1.84. The molecule has 1 heterocycles. The van der Waals surface area contributed by atoms with Gasteiger partial charge in [0.15, 0.2) is 5.84 Å². The van der Waals surface area contributed by atoms with Crippen LogP contribution in [0.4, 0.5) is 0 Å². The third-order valence-corrected chi connectivity index (χ3v) is 3.18. The van der Waals surface area contributed by atoms with Gasteiger partial charge in [-0.05, 0) is 95.7 Å². The molecule has 0 aromatic rings. The highest BCUT2D eigenvalue weighted by Crippen LogP contribution is 1.99. The number of aliphatic imine (C=N–C) groups is 1. The molecule has 0 atom stereocenters. The maximum atomic E-state index is 11.2. The standard InChI is InChI=1S/C24H15N3OS/c1-2-3-4-5-6-7-8-9-10-11-12-13-14-15-16-17-23-25-18-20-27(23)21-19-26-24(28)22-29/h29H,18-22H2,1H3,(H,26,28). The van der Waals surface area contributed by atoms with Crippen LogP contribution in [0, 0.1) is 94.7 Å². The molecule has 0 saturated carbocycles. The zero-order chi connectivity index (χ0) is 21.0. The van der Waals surface area contributed by atoms with Crippen molar-refractivity contribution in [1.29, 1.82) is 0 Å². The molecular formula is C24H15N3OS. The average Bonchev–Trinajstić information content (AvgIpc) is 3.18. The van der Waals surface area contributed by atoms with E-state index in [-0.39, 0.29) is 11.7 Å². The monoisotopic (exact) mass is 393 g/mol. The van der Waals surface area contributed by atoms with E-state index in [4.69, 9.17) is 0 Å². The lowest BCUT2D eigenvalue weighted by Crippen LogP contribution is -2.36. The average molecular weight is 393 g/mol. The first-order valence-electron chi connectivity index (χ1n) is 8.37. The molecule has 0 unspecified atom stereocenters. The van der Waals surface area contributed by atoms with Crippen molar-refractivity contribution in [2.75, 3.05) is 31.9 Å². The van der Waals surface area contributed by atoms with Gasteiger partial charge in [-0.25, -0.2) is 0 Å². The Morgan fingerprint density at radius 1 is 0.931 bits per heavy atom. The lowest BCUT2D eigenvalue weighted by molar-refractivity contribution is -0.118. The van der Waals surface area contributed by atoms with Crippen LogP contribution in [0.5, 0.6) is 0 Å². The molecule has 1 aliphatic rings. The Balaban J connectivity index is 2.45. The number of carbonyl (C=O) groups is 1. The second-order valence-electron chi connectivity index (χ2n) is 4.83. The number of carbonyl (C=O) groups excluding carboxylic acids is 1. The molecule has 1 N–H and O–H groups in total. The van der Waals surface area contributed by atoms with E-state index in [2.05, 4.69) is 118 Å². The van der Waals surface area contributed by atoms with Crippen molar-refractivity contribution in [2.24, 2.45) is 4.99 Å². The van der Waals surface area contributed by atoms with E-state index in [1.807, 2.05) is 4.90 Å². The van der Waals surface area contributed by atoms with Crippen LogP contribution in [0.3, 0.4) is 0 Å². The Kier molecular flexibility index (Phi) is 12.6. The summed E-state index contributed by atoms with van der Waals surface area (Å²) in [5.41, 5.74) is 0. The molecule has 0 aromatic heterocycles. The van der Waals surface area contributed by atoms with Gasteiger partial charge in [0.2, 0.25) is 5.91 Å². The van der Waals surface area contributed by atoms with Gasteiger partial charge in [-0.1, -0.05) is 5.92 Å². The summed E-state index contributed by atoms with van der Waals surface area (Å²) < 4.78 is 0. The number of amides is 1. The summed E-state index contributed by atoms with van der Waals surface area (Å²) in [5.74, 6) is 42.1. The summed E-state index contributed by atoms with van der Waals surface area (Å²) in [7, 11) is 0. The quantitative estimate of drug-likeness (QED) is 0.513. The zero-order valence-corrected chi connectivity index (χ0v) is 16.7. The Bertz CT molecular complexity index is 1150. The SMILES string of the molecule is CC#CC#CC#CC#CC#CC#CC#CC#CC1=NCCN1CCNC(=O)CS. The molecule has 0 aliphatic carbocycles. The molecule has 0 aromatic carbocycles. The predicted octanol–water partition coefficient (Wildman–Crippen LogP) is -0.206. The Morgan fingerprint density at radius 3 is 1.97 bits per heavy atom. The van der Waals surface area contributed by atoms with Crippen molar-refractivity contribution in [3.8, 4) is 94.7 Å². The Morgan fingerprint density at radius 2 is 1.45 bits per heavy atom. The highest BCUT2D eigenvalue weighted by molar-refractivity contribution is 7.81. The van der Waals surface area contributed by atoms with Crippen molar-refractivity contribution >= 4 is 24.4 Å². The maximum Gasteiger partial charge on any atom is 0.229 e. The summed E-state index contributed by atoms with van der Waals surface area (Å²) in [5, 5.41) is 2.75. The van der Waals surface area contributed by atoms with E-state index in [0.29, 0.717) is 25.5 Å². The fraction of sp³-hybridized carbons (Fsp3) is 0.250. The number of nitrogens with zero attached hydrogens (tertiary/aromatic N) is 2. The summed E-state index contributed by atoms with van der Waals surface area (Å²) in [6.45, 7) is 4.31. The molecule has 5 heteroatoms. The number of hydrogen-bond acceptors (Lipinski definition) is 4. The molecule has 0 radical (unpaired) electrons. The van der Waals surface area contributed by atoms with E-state index < -0.39 is 0 Å². The summed E-state index contributed by atoms with van der Waals surface area (Å²) in [6, 6.07) is 0. The highest BCUT2D eigenvalue weighted by Gasteiger charge is 2.14. The molecule has 4 nitrogen and oxygen atoms in total. The number of hydrogen-bond donors (Lipinski definition) is 2. The van der Waals surface area contributed by atoms with Crippen LogP contribution in [0.25, 0.3) is 0 Å². The fourth-order valence-electron chi connectivity index (χ4n) is 1.73. The van der Waals surface area contributed by atoms with Crippen LogP contribution in [0.15, 0.2) is 4.99 Å². The lowest BCUT2D eigenvalue weighted by atomic mass is 10.4. The maximum absolute atomic E-state index is 11.2. The minimum atomic E-state index is -0.101. The van der Waals surface area contributed by atoms with Crippen LogP contribution in [-0.2, 0) is 4.79 Å². The Hall–Kier alpha value is -4.23. The predicted molar refractivity (Wildman–Crippen MR) is 119 cm³/mol. The zero-order valence-electron chi connectivity index (χ0n) is 15.8. The van der Waals surface area contributed by atoms with E-state index in [9.17, 15) is 4.79 Å². The van der Waals surface area contributed by atoms with Gasteiger partial charge in [0.25, 0.3) is 0 Å². The Labute approximate surface area is 178 Å². The van der Waals surface area contributed by atoms with Crippen molar-refractivity contribution in [1.82, 2.24) is 10.2 Å². The van der Waals surface area contributed by atoms with E-state index in [1.54, 1.807) is 6.92 Å². The second-order valence-corrected chi connectivity index (χ2v) is 5.14. The van der Waals surface area contributed by atoms with Crippen molar-refractivity contribution < 1.29 is 4.79 Å². The molecule has 0 saturated heterocycles. The molecule has 1 rings (SSSR count). The minimum Gasteiger partial charge on any atom is -0.354 e. The van der Waals surface area contributed by atoms with Crippen LogP contribution in [-0.4, -0.2) is 48.6 Å². The lowest BCUT2D eigenvalue weighted by Gasteiger charge is -2.16. The van der Waals surface area contributed by atoms with E-state index in [0.717, 1.165) is 6.54 Å². The van der Waals surface area contributed by atoms with Gasteiger partial charge < -0.3 is 10.2 Å². The minimum absolute atomic E-state index is 0.101. The van der Waals surface area contributed by atoms with E-state index in [1.165, 1.54) is 0 Å². The van der Waals surface area contributed by atoms with Gasteiger partial charge in [0.1, 0.15) is 0 Å². The molecule has 0 bridgehead atoms. The normalized spacial score (nSPS) is 9.31. The number of thiol groups is 1. The van der Waals surface area contributed by atoms with Gasteiger partial charge in [-0.2, -0.15) is 12.6 Å². The van der Waals surface area contributed by atoms with Gasteiger partial charge in [0, 0.05) is 19.6 Å². The molecule has 1 aliphatic heterocycles. The molecule has 0 spiro atoms. The molecule has 29 heavy (non-hydrogen) atoms. The van der Waals surface area contributed by atoms with E-state index >= 15 is 0 Å². The van der Waals surface area contributed by atoms with Gasteiger partial charge in [0.05, 0.1) is 12.3 Å². The number of nitrogens with one attached hydrogen (secondary N) is 1. The van der Waals surface area contributed by atoms with Crippen molar-refractivity contribution in [3.63, 3.8) is 0 Å². The topological polar surface area (TPSA) is 44.7 Å². The molecule has 0 fully saturated rings. The number of amidine groups is 1. The van der Waals surface area contributed by atoms with Crippen molar-refractivity contribution in [2.45, 2.75) is 6.92 Å². The third kappa shape index (κ3) is 11.9. The molecular weight excluding hydrogens is 378 g/mol. The van der Waals surface area contributed by atoms with Gasteiger partial charge >= 0.3 is 0 Å². The van der Waals surface area contributed by atoms with Crippen LogP contribution in [0.2, 0.25) is 0 Å². The van der Waals surface area contributed by atoms with Crippen molar-refractivity contribution in [3.05, 3.63) is 0 Å². The first kappa shape index (κ1) is 22.8. The first-order valence-corrected chi connectivity index (χ1v) is 9.01. The van der Waals surface area contributed by atoms with Crippen LogP contribution < -0.4 is 5.32 Å². The summed E-state index contributed by atoms with van der Waals surface area (Å²) in [4.78, 5) is 17.5. The second kappa shape index (κ2) is 16.0. The number of rotatable bonds is 4. The van der Waals surface area contributed by atoms with Gasteiger partial charge in [-0.15, -0.1) is 0 Å². The molecule has 1 amide bonds. The van der Waals surface area contributed by atoms with Gasteiger partial charge in [-0.3, -0.25) is 9.79 Å². The third-order valence-electron chi connectivity index (χ3n) is 2.89. The highest BCUT2D eigenvalue weighted by atomic mass is 32.1. The van der Waals surface area contributed by atoms with Crippen LogP contribution >= 0.6 is 12.6 Å².